The van der Waals surface area contributed by atoms with Crippen molar-refractivity contribution in [2.45, 2.75) is 71.0 Å². The second kappa shape index (κ2) is 13.1. The number of carbonyl (C=O) groups is 2. The van der Waals surface area contributed by atoms with Gasteiger partial charge in [0.15, 0.2) is 0 Å². The SMILES string of the molecule is CCOC(=O)[C@H](NCc1ccc(CN)cc1)[C@H](O)[C@H](Cc1ccccc1)NC(=O)OC(C)(C)C. The van der Waals surface area contributed by atoms with Crippen molar-refractivity contribution in [2.24, 2.45) is 5.73 Å². The first-order chi connectivity index (χ1) is 16.1. The van der Waals surface area contributed by atoms with Crippen LogP contribution in [-0.4, -0.2) is 47.6 Å². The zero-order chi connectivity index (χ0) is 25.1. The molecule has 34 heavy (non-hydrogen) atoms. The second-order valence-corrected chi connectivity index (χ2v) is 9.06. The van der Waals surface area contributed by atoms with Crippen molar-refractivity contribution >= 4 is 12.1 Å². The molecule has 3 atom stereocenters. The van der Waals surface area contributed by atoms with Gasteiger partial charge in [-0.15, -0.1) is 0 Å². The van der Waals surface area contributed by atoms with Crippen LogP contribution >= 0.6 is 0 Å². The summed E-state index contributed by atoms with van der Waals surface area (Å²) in [5.74, 6) is -0.599. The third kappa shape index (κ3) is 9.13. The van der Waals surface area contributed by atoms with Crippen LogP contribution in [0.2, 0.25) is 0 Å². The van der Waals surface area contributed by atoms with E-state index in [2.05, 4.69) is 10.6 Å². The molecule has 0 unspecified atom stereocenters. The second-order valence-electron chi connectivity index (χ2n) is 9.06. The molecule has 0 bridgehead atoms. The van der Waals surface area contributed by atoms with Crippen molar-refractivity contribution in [1.29, 1.82) is 0 Å². The van der Waals surface area contributed by atoms with Gasteiger partial charge < -0.3 is 25.6 Å². The lowest BCUT2D eigenvalue weighted by Crippen LogP contribution is -2.57. The summed E-state index contributed by atoms with van der Waals surface area (Å²) in [6.07, 6.45) is -1.66. The summed E-state index contributed by atoms with van der Waals surface area (Å²) in [5, 5.41) is 17.1. The van der Waals surface area contributed by atoms with Crippen molar-refractivity contribution in [2.75, 3.05) is 6.61 Å². The molecule has 2 rings (SSSR count). The van der Waals surface area contributed by atoms with Gasteiger partial charge in [-0.05, 0) is 50.8 Å². The molecule has 1 amide bonds. The van der Waals surface area contributed by atoms with Crippen LogP contribution in [0, 0.1) is 0 Å². The number of esters is 1. The highest BCUT2D eigenvalue weighted by molar-refractivity contribution is 5.77. The Bertz CT molecular complexity index is 897. The highest BCUT2D eigenvalue weighted by Crippen LogP contribution is 2.14. The molecule has 8 nitrogen and oxygen atoms in total. The van der Waals surface area contributed by atoms with Crippen LogP contribution in [0.5, 0.6) is 0 Å². The van der Waals surface area contributed by atoms with E-state index in [1.807, 2.05) is 54.6 Å². The highest BCUT2D eigenvalue weighted by Gasteiger charge is 2.35. The third-order valence-corrected chi connectivity index (χ3v) is 5.08. The number of hydrogen-bond acceptors (Lipinski definition) is 7. The topological polar surface area (TPSA) is 123 Å². The van der Waals surface area contributed by atoms with Crippen molar-refractivity contribution in [1.82, 2.24) is 10.6 Å². The zero-order valence-electron chi connectivity index (χ0n) is 20.4. The summed E-state index contributed by atoms with van der Waals surface area (Å²) in [5.41, 5.74) is 7.75. The first kappa shape index (κ1) is 27.3. The number of alkyl carbamates (subject to hydrolysis) is 1. The zero-order valence-corrected chi connectivity index (χ0v) is 20.4. The van der Waals surface area contributed by atoms with E-state index in [-0.39, 0.29) is 6.61 Å². The van der Waals surface area contributed by atoms with E-state index >= 15 is 0 Å². The highest BCUT2D eigenvalue weighted by atomic mass is 16.6. The lowest BCUT2D eigenvalue weighted by molar-refractivity contribution is -0.149. The van der Waals surface area contributed by atoms with E-state index in [9.17, 15) is 14.7 Å². The minimum atomic E-state index is -1.28. The smallest absolute Gasteiger partial charge is 0.407 e. The molecule has 8 heteroatoms. The van der Waals surface area contributed by atoms with Gasteiger partial charge in [-0.25, -0.2) is 4.79 Å². The quantitative estimate of drug-likeness (QED) is 0.372. The molecule has 0 fully saturated rings. The minimum Gasteiger partial charge on any atom is -0.465 e. The summed E-state index contributed by atoms with van der Waals surface area (Å²) >= 11 is 0. The van der Waals surface area contributed by atoms with E-state index < -0.39 is 35.9 Å². The molecule has 2 aromatic rings. The molecule has 2 aromatic carbocycles. The van der Waals surface area contributed by atoms with Gasteiger partial charge >= 0.3 is 12.1 Å². The van der Waals surface area contributed by atoms with Crippen LogP contribution in [0.1, 0.15) is 44.4 Å². The molecule has 0 aliphatic rings. The molecule has 0 saturated carbocycles. The van der Waals surface area contributed by atoms with Crippen LogP contribution in [0.3, 0.4) is 0 Å². The maximum Gasteiger partial charge on any atom is 0.407 e. The Morgan fingerprint density at radius 2 is 1.62 bits per heavy atom. The number of ether oxygens (including phenoxy) is 2. The summed E-state index contributed by atoms with van der Waals surface area (Å²) in [4.78, 5) is 25.3. The van der Waals surface area contributed by atoms with E-state index in [1.165, 1.54) is 0 Å². The number of hydrogen-bond donors (Lipinski definition) is 4. The number of benzene rings is 2. The molecular formula is C26H37N3O5. The molecule has 5 N–H and O–H groups in total. The number of aliphatic hydroxyl groups is 1. The molecule has 0 saturated heterocycles. The molecule has 0 aliphatic carbocycles. The monoisotopic (exact) mass is 471 g/mol. The fourth-order valence-electron chi connectivity index (χ4n) is 3.41. The number of rotatable bonds is 11. The van der Waals surface area contributed by atoms with Crippen molar-refractivity contribution in [3.63, 3.8) is 0 Å². The van der Waals surface area contributed by atoms with E-state index in [1.54, 1.807) is 27.7 Å². The Hall–Kier alpha value is -2.94. The van der Waals surface area contributed by atoms with Gasteiger partial charge in [0.25, 0.3) is 0 Å². The maximum atomic E-state index is 12.8. The summed E-state index contributed by atoms with van der Waals surface area (Å²) in [7, 11) is 0. The molecule has 0 aromatic heterocycles. The molecular weight excluding hydrogens is 434 g/mol. The van der Waals surface area contributed by atoms with E-state index in [4.69, 9.17) is 15.2 Å². The average molecular weight is 472 g/mol. The predicted octanol–water partition coefficient (Wildman–Crippen LogP) is 2.66. The van der Waals surface area contributed by atoms with Gasteiger partial charge in [-0.1, -0.05) is 54.6 Å². The Labute approximate surface area is 201 Å². The predicted molar refractivity (Wildman–Crippen MR) is 131 cm³/mol. The fraction of sp³-hybridized carbons (Fsp3) is 0.462. The van der Waals surface area contributed by atoms with Gasteiger partial charge in [-0.2, -0.15) is 0 Å². The molecule has 186 valence electrons. The van der Waals surface area contributed by atoms with E-state index in [0.717, 1.165) is 16.7 Å². The Morgan fingerprint density at radius 3 is 2.18 bits per heavy atom. The normalized spacial score (nSPS) is 14.1. The van der Waals surface area contributed by atoms with Crippen molar-refractivity contribution in [3.05, 3.63) is 71.3 Å². The standard InChI is InChI=1S/C26H37N3O5/c1-5-33-24(31)22(28-17-20-13-11-19(16-27)12-14-20)23(30)21(15-18-9-7-6-8-10-18)29-25(32)34-26(2,3)4/h6-14,21-23,28,30H,5,15-17,27H2,1-4H3,(H,29,32)/t21-,22+,23+/m0/s1. The molecule has 0 heterocycles. The lowest BCUT2D eigenvalue weighted by Gasteiger charge is -2.31. The average Bonchev–Trinajstić information content (AvgIpc) is 2.78. The van der Waals surface area contributed by atoms with Crippen molar-refractivity contribution < 1.29 is 24.2 Å². The number of aliphatic hydroxyl groups excluding tert-OH is 1. The molecule has 0 aliphatic heterocycles. The van der Waals surface area contributed by atoms with Gasteiger partial charge in [0, 0.05) is 13.1 Å². The summed E-state index contributed by atoms with van der Waals surface area (Å²) in [6, 6.07) is 15.2. The van der Waals surface area contributed by atoms with Gasteiger partial charge in [0.05, 0.1) is 12.6 Å². The minimum absolute atomic E-state index is 0.164. The lowest BCUT2D eigenvalue weighted by atomic mass is 9.96. The van der Waals surface area contributed by atoms with Crippen LogP contribution in [0.15, 0.2) is 54.6 Å². The van der Waals surface area contributed by atoms with Crippen LogP contribution < -0.4 is 16.4 Å². The maximum absolute atomic E-state index is 12.8. The summed E-state index contributed by atoms with van der Waals surface area (Å²) in [6.45, 7) is 7.90. The number of nitrogens with two attached hydrogens (primary N) is 1. The number of amides is 1. The van der Waals surface area contributed by atoms with Crippen molar-refractivity contribution in [3.8, 4) is 0 Å². The Morgan fingerprint density at radius 1 is 1.00 bits per heavy atom. The Balaban J connectivity index is 2.23. The first-order valence-corrected chi connectivity index (χ1v) is 11.5. The van der Waals surface area contributed by atoms with Crippen LogP contribution in [0.25, 0.3) is 0 Å². The molecule has 0 spiro atoms. The molecule has 0 radical (unpaired) electrons. The number of nitrogens with one attached hydrogen (secondary N) is 2. The van der Waals surface area contributed by atoms with Gasteiger partial charge in [0.2, 0.25) is 0 Å². The third-order valence-electron chi connectivity index (χ3n) is 5.08. The first-order valence-electron chi connectivity index (χ1n) is 11.5. The number of carbonyl (C=O) groups excluding carboxylic acids is 2. The van der Waals surface area contributed by atoms with Crippen LogP contribution in [-0.2, 0) is 33.8 Å². The van der Waals surface area contributed by atoms with Gasteiger partial charge in [0.1, 0.15) is 17.7 Å². The van der Waals surface area contributed by atoms with Crippen LogP contribution in [0.4, 0.5) is 4.79 Å². The van der Waals surface area contributed by atoms with Gasteiger partial charge in [-0.3, -0.25) is 10.1 Å². The fourth-order valence-corrected chi connectivity index (χ4v) is 3.41. The Kier molecular flexibility index (Phi) is 10.5. The summed E-state index contributed by atoms with van der Waals surface area (Å²) < 4.78 is 10.6. The largest absolute Gasteiger partial charge is 0.465 e. The van der Waals surface area contributed by atoms with E-state index in [0.29, 0.717) is 19.5 Å².